The molecule has 1 aromatic heterocycles. The maximum atomic E-state index is 11.7. The van der Waals surface area contributed by atoms with Crippen LogP contribution < -0.4 is 5.73 Å². The molecule has 0 fully saturated rings. The van der Waals surface area contributed by atoms with Crippen molar-refractivity contribution in [3.63, 3.8) is 0 Å². The van der Waals surface area contributed by atoms with Crippen molar-refractivity contribution in [1.82, 2.24) is 4.98 Å². The van der Waals surface area contributed by atoms with E-state index in [0.717, 1.165) is 11.1 Å². The first-order chi connectivity index (χ1) is 8.66. The Morgan fingerprint density at radius 2 is 2.06 bits per heavy atom. The Bertz CT molecular complexity index is 550. The molecule has 0 unspecified atom stereocenters. The van der Waals surface area contributed by atoms with E-state index in [1.54, 1.807) is 12.1 Å². The summed E-state index contributed by atoms with van der Waals surface area (Å²) in [6.45, 7) is 2.22. The molecular formula is C14H14N2O2. The second-order valence-corrected chi connectivity index (χ2v) is 3.98. The van der Waals surface area contributed by atoms with E-state index in [9.17, 15) is 4.79 Å². The maximum Gasteiger partial charge on any atom is 0.357 e. The van der Waals surface area contributed by atoms with Gasteiger partial charge < -0.3 is 10.5 Å². The van der Waals surface area contributed by atoms with Gasteiger partial charge in [0.05, 0.1) is 11.9 Å². The molecule has 2 N–H and O–H groups in total. The van der Waals surface area contributed by atoms with Crippen LogP contribution >= 0.6 is 0 Å². The van der Waals surface area contributed by atoms with Crippen LogP contribution in [-0.2, 0) is 11.3 Å². The van der Waals surface area contributed by atoms with Crippen molar-refractivity contribution in [1.29, 1.82) is 0 Å². The number of carbonyl (C=O) groups excluding carboxylic acids is 1. The third-order valence-electron chi connectivity index (χ3n) is 2.62. The summed E-state index contributed by atoms with van der Waals surface area (Å²) < 4.78 is 5.19. The van der Waals surface area contributed by atoms with Crippen LogP contribution in [0.4, 0.5) is 5.69 Å². The highest BCUT2D eigenvalue weighted by molar-refractivity contribution is 5.87. The summed E-state index contributed by atoms with van der Waals surface area (Å²) >= 11 is 0. The van der Waals surface area contributed by atoms with Crippen molar-refractivity contribution in [2.75, 3.05) is 5.73 Å². The van der Waals surface area contributed by atoms with Gasteiger partial charge in [-0.3, -0.25) is 0 Å². The molecule has 18 heavy (non-hydrogen) atoms. The predicted molar refractivity (Wildman–Crippen MR) is 68.9 cm³/mol. The van der Waals surface area contributed by atoms with Crippen molar-refractivity contribution in [2.24, 2.45) is 0 Å². The molecule has 0 amide bonds. The number of anilines is 1. The van der Waals surface area contributed by atoms with E-state index in [4.69, 9.17) is 10.5 Å². The number of nitrogens with two attached hydrogens (primary N) is 1. The summed E-state index contributed by atoms with van der Waals surface area (Å²) in [6, 6.07) is 10.9. The lowest BCUT2D eigenvalue weighted by Crippen LogP contribution is -2.08. The van der Waals surface area contributed by atoms with Crippen LogP contribution in [0.3, 0.4) is 0 Å². The number of nitrogen functional groups attached to an aromatic ring is 1. The van der Waals surface area contributed by atoms with Gasteiger partial charge in [-0.1, -0.05) is 24.3 Å². The van der Waals surface area contributed by atoms with Gasteiger partial charge in [-0.2, -0.15) is 0 Å². The number of aryl methyl sites for hydroxylation is 1. The first kappa shape index (κ1) is 12.1. The lowest BCUT2D eigenvalue weighted by atomic mass is 10.1. The zero-order valence-corrected chi connectivity index (χ0v) is 10.1. The zero-order valence-electron chi connectivity index (χ0n) is 10.1. The Hall–Kier alpha value is -2.36. The Morgan fingerprint density at radius 1 is 1.28 bits per heavy atom. The number of nitrogens with zero attached hydrogens (tertiary/aromatic N) is 1. The first-order valence-electron chi connectivity index (χ1n) is 5.60. The number of pyridine rings is 1. The van der Waals surface area contributed by atoms with Crippen molar-refractivity contribution in [3.05, 3.63) is 59.4 Å². The summed E-state index contributed by atoms with van der Waals surface area (Å²) in [5.74, 6) is -0.446. The molecule has 4 heteroatoms. The summed E-state index contributed by atoms with van der Waals surface area (Å²) in [4.78, 5) is 15.6. The quantitative estimate of drug-likeness (QED) is 0.839. The Balaban J connectivity index is 2.01. The predicted octanol–water partition coefficient (Wildman–Crippen LogP) is 2.33. The molecule has 0 spiro atoms. The third kappa shape index (κ3) is 2.85. The molecule has 4 nitrogen and oxygen atoms in total. The fraction of sp³-hybridized carbons (Fsp3) is 0.143. The Morgan fingerprint density at radius 3 is 2.72 bits per heavy atom. The molecule has 2 aromatic rings. The molecule has 92 valence electrons. The van der Waals surface area contributed by atoms with Crippen LogP contribution in [0.2, 0.25) is 0 Å². The molecule has 0 aliphatic rings. The van der Waals surface area contributed by atoms with Gasteiger partial charge in [-0.25, -0.2) is 9.78 Å². The summed E-state index contributed by atoms with van der Waals surface area (Å²) in [6.07, 6.45) is 1.43. The fourth-order valence-corrected chi connectivity index (χ4v) is 1.52. The van der Waals surface area contributed by atoms with Crippen LogP contribution in [0.15, 0.2) is 42.6 Å². The van der Waals surface area contributed by atoms with Crippen LogP contribution in [0.5, 0.6) is 0 Å². The van der Waals surface area contributed by atoms with Gasteiger partial charge in [0.25, 0.3) is 0 Å². The molecule has 1 heterocycles. The Labute approximate surface area is 105 Å². The molecule has 0 aliphatic carbocycles. The minimum atomic E-state index is -0.446. The van der Waals surface area contributed by atoms with Gasteiger partial charge in [0.1, 0.15) is 12.3 Å². The average Bonchev–Trinajstić information content (AvgIpc) is 2.38. The molecular weight excluding hydrogens is 228 g/mol. The summed E-state index contributed by atoms with van der Waals surface area (Å²) in [5.41, 5.74) is 8.36. The highest BCUT2D eigenvalue weighted by Gasteiger charge is 2.09. The van der Waals surface area contributed by atoms with Gasteiger partial charge in [-0.15, -0.1) is 0 Å². The molecule has 0 aliphatic heterocycles. The third-order valence-corrected chi connectivity index (χ3v) is 2.62. The van der Waals surface area contributed by atoms with E-state index in [0.29, 0.717) is 5.69 Å². The number of rotatable bonds is 3. The van der Waals surface area contributed by atoms with Crippen molar-refractivity contribution >= 4 is 11.7 Å². The second kappa shape index (κ2) is 5.31. The van der Waals surface area contributed by atoms with E-state index < -0.39 is 5.97 Å². The average molecular weight is 242 g/mol. The second-order valence-electron chi connectivity index (χ2n) is 3.98. The van der Waals surface area contributed by atoms with E-state index in [1.165, 1.54) is 6.20 Å². The van der Waals surface area contributed by atoms with Crippen molar-refractivity contribution in [3.8, 4) is 0 Å². The van der Waals surface area contributed by atoms with Crippen LogP contribution in [0.25, 0.3) is 0 Å². The molecule has 0 bridgehead atoms. The smallest absolute Gasteiger partial charge is 0.357 e. The van der Waals surface area contributed by atoms with E-state index in [-0.39, 0.29) is 12.3 Å². The molecule has 0 radical (unpaired) electrons. The van der Waals surface area contributed by atoms with Crippen LogP contribution in [0.1, 0.15) is 21.6 Å². The molecule has 2 rings (SSSR count). The molecule has 0 saturated heterocycles. The summed E-state index contributed by atoms with van der Waals surface area (Å²) in [7, 11) is 0. The monoisotopic (exact) mass is 242 g/mol. The first-order valence-corrected chi connectivity index (χ1v) is 5.60. The lowest BCUT2D eigenvalue weighted by molar-refractivity contribution is 0.0465. The number of hydrogen-bond acceptors (Lipinski definition) is 4. The van der Waals surface area contributed by atoms with Gasteiger partial charge in [0.15, 0.2) is 0 Å². The normalized spacial score (nSPS) is 10.1. The van der Waals surface area contributed by atoms with E-state index in [1.807, 2.05) is 31.2 Å². The van der Waals surface area contributed by atoms with Gasteiger partial charge in [-0.05, 0) is 30.2 Å². The SMILES string of the molecule is Cc1ccccc1COC(=O)c1ccc(N)cn1. The standard InChI is InChI=1S/C14H14N2O2/c1-10-4-2-3-5-11(10)9-18-14(17)13-7-6-12(15)8-16-13/h2-8H,9,15H2,1H3. The van der Waals surface area contributed by atoms with Crippen LogP contribution in [0, 0.1) is 6.92 Å². The number of ether oxygens (including phenoxy) is 1. The largest absolute Gasteiger partial charge is 0.456 e. The number of esters is 1. The van der Waals surface area contributed by atoms with E-state index >= 15 is 0 Å². The topological polar surface area (TPSA) is 65.2 Å². The highest BCUT2D eigenvalue weighted by atomic mass is 16.5. The van der Waals surface area contributed by atoms with Gasteiger partial charge >= 0.3 is 5.97 Å². The van der Waals surface area contributed by atoms with E-state index in [2.05, 4.69) is 4.98 Å². The molecule has 1 aromatic carbocycles. The molecule has 0 saturated carbocycles. The van der Waals surface area contributed by atoms with Crippen molar-refractivity contribution in [2.45, 2.75) is 13.5 Å². The molecule has 0 atom stereocenters. The number of carbonyl (C=O) groups is 1. The summed E-state index contributed by atoms with van der Waals surface area (Å²) in [5, 5.41) is 0. The van der Waals surface area contributed by atoms with Crippen LogP contribution in [-0.4, -0.2) is 11.0 Å². The van der Waals surface area contributed by atoms with Gasteiger partial charge in [0.2, 0.25) is 0 Å². The minimum Gasteiger partial charge on any atom is -0.456 e. The highest BCUT2D eigenvalue weighted by Crippen LogP contribution is 2.10. The maximum absolute atomic E-state index is 11.7. The number of aromatic nitrogens is 1. The number of hydrogen-bond donors (Lipinski definition) is 1. The number of benzene rings is 1. The fourth-order valence-electron chi connectivity index (χ4n) is 1.52. The minimum absolute atomic E-state index is 0.248. The van der Waals surface area contributed by atoms with Crippen molar-refractivity contribution < 1.29 is 9.53 Å². The van der Waals surface area contributed by atoms with Gasteiger partial charge in [0, 0.05) is 0 Å². The zero-order chi connectivity index (χ0) is 13.0. The Kier molecular flexibility index (Phi) is 3.57. The lowest BCUT2D eigenvalue weighted by Gasteiger charge is -2.06.